The van der Waals surface area contributed by atoms with Crippen LogP contribution in [0.5, 0.6) is 0 Å². The van der Waals surface area contributed by atoms with Gasteiger partial charge in [0.1, 0.15) is 0 Å². The average Bonchev–Trinajstić information content (AvgIpc) is 3.08. The van der Waals surface area contributed by atoms with Gasteiger partial charge in [-0.2, -0.15) is 0 Å². The second-order valence-corrected chi connectivity index (χ2v) is 6.38. The summed E-state index contributed by atoms with van der Waals surface area (Å²) in [7, 11) is 0. The number of carbonyl (C=O) groups is 1. The van der Waals surface area contributed by atoms with E-state index >= 15 is 0 Å². The lowest BCUT2D eigenvalue weighted by molar-refractivity contribution is -0.137. The Balaban J connectivity index is 1.67. The molecule has 2 bridgehead atoms. The molecule has 2 N–H and O–H groups in total. The summed E-state index contributed by atoms with van der Waals surface area (Å²) in [6.07, 6.45) is 5.02. The van der Waals surface area contributed by atoms with Crippen LogP contribution in [0.1, 0.15) is 38.2 Å². The van der Waals surface area contributed by atoms with Gasteiger partial charge in [0.05, 0.1) is 0 Å². The lowest BCUT2D eigenvalue weighted by atomic mass is 9.87. The molecule has 0 aliphatic heterocycles. The molecule has 1 amide bonds. The summed E-state index contributed by atoms with van der Waals surface area (Å²) in [4.78, 5) is 14.7. The van der Waals surface area contributed by atoms with E-state index in [0.29, 0.717) is 24.3 Å². The van der Waals surface area contributed by atoms with Crippen LogP contribution in [0.2, 0.25) is 0 Å². The first-order valence-corrected chi connectivity index (χ1v) is 7.80. The molecular formula is C17H24N2O. The van der Waals surface area contributed by atoms with Crippen molar-refractivity contribution in [3.63, 3.8) is 0 Å². The number of hydrogen-bond acceptors (Lipinski definition) is 2. The Kier molecular flexibility index (Phi) is 3.68. The van der Waals surface area contributed by atoms with Gasteiger partial charge in [0.25, 0.3) is 0 Å². The Morgan fingerprint density at radius 1 is 1.25 bits per heavy atom. The van der Waals surface area contributed by atoms with Crippen LogP contribution in [0.25, 0.3) is 0 Å². The Morgan fingerprint density at radius 2 is 2.00 bits per heavy atom. The van der Waals surface area contributed by atoms with Crippen molar-refractivity contribution in [1.29, 1.82) is 0 Å². The molecule has 3 rings (SSSR count). The van der Waals surface area contributed by atoms with Gasteiger partial charge >= 0.3 is 0 Å². The van der Waals surface area contributed by atoms with Gasteiger partial charge in [0.2, 0.25) is 5.91 Å². The number of nitrogens with two attached hydrogens (primary N) is 1. The minimum absolute atomic E-state index is 0.294. The van der Waals surface area contributed by atoms with E-state index in [9.17, 15) is 4.79 Å². The zero-order valence-electron chi connectivity index (χ0n) is 12.2. The topological polar surface area (TPSA) is 46.3 Å². The van der Waals surface area contributed by atoms with Crippen LogP contribution in [0, 0.1) is 17.8 Å². The predicted octanol–water partition coefficient (Wildman–Crippen LogP) is 3.05. The third-order valence-electron chi connectivity index (χ3n) is 5.10. The molecule has 108 valence electrons. The summed E-state index contributed by atoms with van der Waals surface area (Å²) in [5, 5.41) is 0. The molecule has 3 nitrogen and oxygen atoms in total. The fraction of sp³-hybridized carbons (Fsp3) is 0.588. The second-order valence-electron chi connectivity index (χ2n) is 6.38. The molecule has 0 saturated heterocycles. The molecule has 3 unspecified atom stereocenters. The molecule has 2 aliphatic rings. The number of nitrogens with zero attached hydrogens (tertiary/aromatic N) is 1. The Bertz CT molecular complexity index is 482. The van der Waals surface area contributed by atoms with Crippen LogP contribution in [0.3, 0.4) is 0 Å². The molecular weight excluding hydrogens is 248 g/mol. The molecule has 2 fully saturated rings. The van der Waals surface area contributed by atoms with E-state index in [-0.39, 0.29) is 0 Å². The van der Waals surface area contributed by atoms with Crippen molar-refractivity contribution in [2.75, 3.05) is 12.3 Å². The van der Waals surface area contributed by atoms with Gasteiger partial charge in [0.15, 0.2) is 0 Å². The number of hydrogen-bond donors (Lipinski definition) is 1. The summed E-state index contributed by atoms with van der Waals surface area (Å²) in [5.74, 6) is 2.15. The zero-order valence-corrected chi connectivity index (χ0v) is 12.2. The molecule has 1 aromatic carbocycles. The van der Waals surface area contributed by atoms with Gasteiger partial charge in [-0.05, 0) is 55.7 Å². The number of fused-ring (bicyclic) bond motifs is 2. The number of rotatable bonds is 4. The Labute approximate surface area is 121 Å². The van der Waals surface area contributed by atoms with E-state index in [0.717, 1.165) is 30.1 Å². The van der Waals surface area contributed by atoms with E-state index in [1.54, 1.807) is 0 Å². The molecule has 2 saturated carbocycles. The molecule has 0 spiro atoms. The highest BCUT2D eigenvalue weighted by Crippen LogP contribution is 2.48. The number of anilines is 1. The minimum Gasteiger partial charge on any atom is -0.399 e. The maximum absolute atomic E-state index is 12.7. The van der Waals surface area contributed by atoms with Gasteiger partial charge in [-0.15, -0.1) is 0 Å². The van der Waals surface area contributed by atoms with Gasteiger partial charge in [-0.3, -0.25) is 4.79 Å². The van der Waals surface area contributed by atoms with E-state index in [2.05, 4.69) is 6.92 Å². The summed E-state index contributed by atoms with van der Waals surface area (Å²) in [6.45, 7) is 3.57. The first-order valence-electron chi connectivity index (χ1n) is 7.80. The van der Waals surface area contributed by atoms with E-state index in [1.165, 1.54) is 19.3 Å². The molecule has 3 atom stereocenters. The molecule has 1 aromatic rings. The van der Waals surface area contributed by atoms with Crippen LogP contribution in [0.15, 0.2) is 24.3 Å². The molecule has 20 heavy (non-hydrogen) atoms. The van der Waals surface area contributed by atoms with Crippen LogP contribution in [0.4, 0.5) is 5.69 Å². The normalized spacial score (nSPS) is 27.8. The standard InChI is InChI=1S/C17H24N2O/c1-2-19(11-12-4-7-15(18)8-5-12)17(20)16-10-13-3-6-14(16)9-13/h4-5,7-8,13-14,16H,2-3,6,9-11,18H2,1H3. The highest BCUT2D eigenvalue weighted by molar-refractivity contribution is 5.79. The fourth-order valence-electron chi connectivity index (χ4n) is 3.97. The summed E-state index contributed by atoms with van der Waals surface area (Å²) < 4.78 is 0. The molecule has 2 aliphatic carbocycles. The summed E-state index contributed by atoms with van der Waals surface area (Å²) >= 11 is 0. The third-order valence-corrected chi connectivity index (χ3v) is 5.10. The van der Waals surface area contributed by atoms with Gasteiger partial charge in [-0.1, -0.05) is 18.6 Å². The number of benzene rings is 1. The number of amides is 1. The Morgan fingerprint density at radius 3 is 2.55 bits per heavy atom. The predicted molar refractivity (Wildman–Crippen MR) is 80.9 cm³/mol. The molecule has 0 aromatic heterocycles. The lowest BCUT2D eigenvalue weighted by Crippen LogP contribution is -2.37. The summed E-state index contributed by atoms with van der Waals surface area (Å²) in [5.41, 5.74) is 7.65. The van der Waals surface area contributed by atoms with Crippen LogP contribution < -0.4 is 5.73 Å². The first-order chi connectivity index (χ1) is 9.67. The van der Waals surface area contributed by atoms with Crippen molar-refractivity contribution in [3.05, 3.63) is 29.8 Å². The second kappa shape index (κ2) is 5.47. The van der Waals surface area contributed by atoms with Crippen LogP contribution >= 0.6 is 0 Å². The van der Waals surface area contributed by atoms with Crippen LogP contribution in [-0.4, -0.2) is 17.4 Å². The molecule has 0 radical (unpaired) electrons. The smallest absolute Gasteiger partial charge is 0.226 e. The maximum Gasteiger partial charge on any atom is 0.226 e. The lowest BCUT2D eigenvalue weighted by Gasteiger charge is -2.28. The van der Waals surface area contributed by atoms with Crippen molar-refractivity contribution >= 4 is 11.6 Å². The quantitative estimate of drug-likeness (QED) is 0.856. The van der Waals surface area contributed by atoms with E-state index in [1.807, 2.05) is 29.2 Å². The average molecular weight is 272 g/mol. The van der Waals surface area contributed by atoms with Crippen molar-refractivity contribution in [1.82, 2.24) is 4.90 Å². The molecule has 3 heteroatoms. The Hall–Kier alpha value is -1.51. The maximum atomic E-state index is 12.7. The summed E-state index contributed by atoms with van der Waals surface area (Å²) in [6, 6.07) is 7.86. The van der Waals surface area contributed by atoms with Gasteiger partial charge < -0.3 is 10.6 Å². The van der Waals surface area contributed by atoms with Crippen molar-refractivity contribution in [3.8, 4) is 0 Å². The van der Waals surface area contributed by atoms with E-state index < -0.39 is 0 Å². The highest BCUT2D eigenvalue weighted by atomic mass is 16.2. The third kappa shape index (κ3) is 2.54. The number of carbonyl (C=O) groups excluding carboxylic acids is 1. The monoisotopic (exact) mass is 272 g/mol. The van der Waals surface area contributed by atoms with Crippen LogP contribution in [-0.2, 0) is 11.3 Å². The van der Waals surface area contributed by atoms with Gasteiger partial charge in [0, 0.05) is 24.7 Å². The van der Waals surface area contributed by atoms with Gasteiger partial charge in [-0.25, -0.2) is 0 Å². The minimum atomic E-state index is 0.294. The largest absolute Gasteiger partial charge is 0.399 e. The zero-order chi connectivity index (χ0) is 14.1. The van der Waals surface area contributed by atoms with Crippen molar-refractivity contribution in [2.24, 2.45) is 17.8 Å². The van der Waals surface area contributed by atoms with E-state index in [4.69, 9.17) is 5.73 Å². The highest BCUT2D eigenvalue weighted by Gasteiger charge is 2.44. The molecule has 0 heterocycles. The van der Waals surface area contributed by atoms with Crippen molar-refractivity contribution in [2.45, 2.75) is 39.2 Å². The SMILES string of the molecule is CCN(Cc1ccc(N)cc1)C(=O)C1CC2CCC1C2. The first kappa shape index (κ1) is 13.5. The number of nitrogen functional groups attached to an aromatic ring is 1. The van der Waals surface area contributed by atoms with Crippen molar-refractivity contribution < 1.29 is 4.79 Å². The fourth-order valence-corrected chi connectivity index (χ4v) is 3.97.